The van der Waals surface area contributed by atoms with Gasteiger partial charge in [0.05, 0.1) is 22.9 Å². The first kappa shape index (κ1) is 23.6. The van der Waals surface area contributed by atoms with Gasteiger partial charge in [0.1, 0.15) is 22.8 Å². The number of halogens is 2. The van der Waals surface area contributed by atoms with E-state index in [1.807, 2.05) is 19.9 Å². The average Bonchev–Trinajstić information content (AvgIpc) is 3.38. The van der Waals surface area contributed by atoms with Crippen molar-refractivity contribution in [2.45, 2.75) is 19.9 Å². The molecule has 36 heavy (non-hydrogen) atoms. The maximum absolute atomic E-state index is 14.4. The molecule has 1 amide bonds. The minimum atomic E-state index is -1.03. The number of aliphatic hydroxyl groups is 1. The molecule has 3 aromatic carbocycles. The van der Waals surface area contributed by atoms with Crippen molar-refractivity contribution in [3.63, 3.8) is 0 Å². The van der Waals surface area contributed by atoms with Crippen molar-refractivity contribution < 1.29 is 28.2 Å². The zero-order chi connectivity index (χ0) is 25.6. The number of aryl methyl sites for hydroxylation is 1. The number of ether oxygens (including phenoxy) is 1. The van der Waals surface area contributed by atoms with Crippen molar-refractivity contribution in [2.24, 2.45) is 0 Å². The Labute approximate surface area is 209 Å². The summed E-state index contributed by atoms with van der Waals surface area (Å²) in [5, 5.41) is 11.3. The molecule has 0 radical (unpaired) electrons. The Kier molecular flexibility index (Phi) is 6.01. The molecule has 0 aliphatic carbocycles. The molecule has 1 atom stereocenters. The molecule has 1 aliphatic heterocycles. The number of amides is 1. The van der Waals surface area contributed by atoms with Gasteiger partial charge in [-0.3, -0.25) is 14.5 Å². The van der Waals surface area contributed by atoms with Crippen LogP contribution in [0.25, 0.3) is 16.0 Å². The lowest BCUT2D eigenvalue weighted by molar-refractivity contribution is -0.132. The van der Waals surface area contributed by atoms with E-state index in [2.05, 4.69) is 4.98 Å². The number of nitrogens with zero attached hydrogens (tertiary/aromatic N) is 2. The van der Waals surface area contributed by atoms with Crippen LogP contribution in [0.2, 0.25) is 0 Å². The van der Waals surface area contributed by atoms with Gasteiger partial charge < -0.3 is 9.84 Å². The topological polar surface area (TPSA) is 79.7 Å². The van der Waals surface area contributed by atoms with Crippen LogP contribution in [0.5, 0.6) is 5.75 Å². The smallest absolute Gasteiger partial charge is 0.301 e. The van der Waals surface area contributed by atoms with Crippen molar-refractivity contribution in [3.8, 4) is 5.75 Å². The Morgan fingerprint density at radius 1 is 1.11 bits per heavy atom. The molecule has 1 N–H and O–H groups in total. The molecule has 0 spiro atoms. The molecule has 4 aromatic rings. The summed E-state index contributed by atoms with van der Waals surface area (Å²) < 4.78 is 33.9. The van der Waals surface area contributed by atoms with E-state index < -0.39 is 29.4 Å². The number of hydrogen-bond donors (Lipinski definition) is 1. The zero-order valence-electron chi connectivity index (χ0n) is 19.3. The number of fused-ring (bicyclic) bond motifs is 1. The number of carbonyl (C=O) groups excluding carboxylic acids is 2. The molecule has 0 saturated carbocycles. The first-order chi connectivity index (χ1) is 17.3. The molecule has 1 aliphatic rings. The third-order valence-corrected chi connectivity index (χ3v) is 6.83. The van der Waals surface area contributed by atoms with Gasteiger partial charge >= 0.3 is 5.91 Å². The van der Waals surface area contributed by atoms with Gasteiger partial charge in [-0.05, 0) is 37.6 Å². The normalized spacial score (nSPS) is 17.2. The van der Waals surface area contributed by atoms with Crippen molar-refractivity contribution in [3.05, 3.63) is 94.6 Å². The molecule has 1 aromatic heterocycles. The maximum atomic E-state index is 14.4. The Morgan fingerprint density at radius 3 is 2.64 bits per heavy atom. The maximum Gasteiger partial charge on any atom is 0.301 e. The Morgan fingerprint density at radius 2 is 1.89 bits per heavy atom. The summed E-state index contributed by atoms with van der Waals surface area (Å²) in [5.41, 5.74) is 1.49. The minimum Gasteiger partial charge on any atom is -0.507 e. The van der Waals surface area contributed by atoms with Gasteiger partial charge in [-0.2, -0.15) is 0 Å². The predicted molar refractivity (Wildman–Crippen MR) is 133 cm³/mol. The van der Waals surface area contributed by atoms with Crippen LogP contribution in [0.3, 0.4) is 0 Å². The standard InChI is InChI=1S/C27H20F2N2O4S/c1-3-35-18-9-5-8-16(11-18)24(32)21-23(15-7-4-6-14(2)10-15)31(26(34)25(21)33)27-30-22-19(29)12-17(28)13-20(22)36-27/h4-13,23,32H,3H2,1-2H3/b24-21+. The first-order valence-electron chi connectivity index (χ1n) is 11.1. The molecule has 182 valence electrons. The number of hydrogen-bond acceptors (Lipinski definition) is 6. The summed E-state index contributed by atoms with van der Waals surface area (Å²) in [6.45, 7) is 4.09. The van der Waals surface area contributed by atoms with E-state index in [4.69, 9.17) is 4.74 Å². The molecular formula is C27H20F2N2O4S. The summed E-state index contributed by atoms with van der Waals surface area (Å²) in [6, 6.07) is 14.5. The first-order valence-corrected chi connectivity index (χ1v) is 12.0. The number of carbonyl (C=O) groups is 2. The molecule has 1 unspecified atom stereocenters. The van der Waals surface area contributed by atoms with Crippen molar-refractivity contribution in [2.75, 3.05) is 11.5 Å². The van der Waals surface area contributed by atoms with Crippen LogP contribution in [0.15, 0.2) is 66.2 Å². The Balaban J connectivity index is 1.73. The molecule has 1 fully saturated rings. The van der Waals surface area contributed by atoms with Gasteiger partial charge in [-0.25, -0.2) is 13.8 Å². The van der Waals surface area contributed by atoms with Crippen LogP contribution in [0, 0.1) is 18.6 Å². The van der Waals surface area contributed by atoms with Gasteiger partial charge in [0.2, 0.25) is 0 Å². The summed E-state index contributed by atoms with van der Waals surface area (Å²) in [5.74, 6) is -3.37. The van der Waals surface area contributed by atoms with Crippen LogP contribution < -0.4 is 9.64 Å². The van der Waals surface area contributed by atoms with Crippen molar-refractivity contribution >= 4 is 44.1 Å². The van der Waals surface area contributed by atoms with E-state index in [-0.39, 0.29) is 26.7 Å². The second-order valence-electron chi connectivity index (χ2n) is 8.27. The lowest BCUT2D eigenvalue weighted by atomic mass is 9.94. The summed E-state index contributed by atoms with van der Waals surface area (Å²) >= 11 is 0.887. The van der Waals surface area contributed by atoms with Gasteiger partial charge in [0, 0.05) is 11.6 Å². The number of aliphatic hydroxyl groups excluding tert-OH is 1. The van der Waals surface area contributed by atoms with Crippen LogP contribution >= 0.6 is 11.3 Å². The highest BCUT2D eigenvalue weighted by molar-refractivity contribution is 7.22. The fourth-order valence-electron chi connectivity index (χ4n) is 4.29. The van der Waals surface area contributed by atoms with E-state index in [1.165, 1.54) is 0 Å². The molecular weight excluding hydrogens is 486 g/mol. The predicted octanol–water partition coefficient (Wildman–Crippen LogP) is 5.91. The number of thiazole rings is 1. The van der Waals surface area contributed by atoms with Gasteiger partial charge in [0.15, 0.2) is 10.9 Å². The van der Waals surface area contributed by atoms with E-state index in [1.54, 1.807) is 42.5 Å². The monoisotopic (exact) mass is 506 g/mol. The number of anilines is 1. The highest BCUT2D eigenvalue weighted by atomic mass is 32.1. The van der Waals surface area contributed by atoms with E-state index >= 15 is 0 Å². The Hall–Kier alpha value is -4.11. The highest BCUT2D eigenvalue weighted by Crippen LogP contribution is 2.45. The largest absolute Gasteiger partial charge is 0.507 e. The number of benzene rings is 3. The fourth-order valence-corrected chi connectivity index (χ4v) is 5.32. The van der Waals surface area contributed by atoms with E-state index in [0.29, 0.717) is 29.5 Å². The number of ketones is 1. The third-order valence-electron chi connectivity index (χ3n) is 5.83. The lowest BCUT2D eigenvalue weighted by Crippen LogP contribution is -2.29. The Bertz CT molecular complexity index is 1560. The molecule has 9 heteroatoms. The van der Waals surface area contributed by atoms with Crippen LogP contribution in [0.4, 0.5) is 13.9 Å². The minimum absolute atomic E-state index is 0.0187. The quantitative estimate of drug-likeness (QED) is 0.207. The molecule has 5 rings (SSSR count). The number of Topliss-reactive ketones (excluding diaryl/α,β-unsaturated/α-hetero) is 1. The summed E-state index contributed by atoms with van der Waals surface area (Å²) in [7, 11) is 0. The molecule has 0 bridgehead atoms. The van der Waals surface area contributed by atoms with Crippen molar-refractivity contribution in [1.82, 2.24) is 4.98 Å². The molecule has 6 nitrogen and oxygen atoms in total. The molecule has 2 heterocycles. The number of aromatic nitrogens is 1. The van der Waals surface area contributed by atoms with E-state index in [0.717, 1.165) is 27.9 Å². The summed E-state index contributed by atoms with van der Waals surface area (Å²) in [6.07, 6.45) is 0. The van der Waals surface area contributed by atoms with Crippen molar-refractivity contribution in [1.29, 1.82) is 0 Å². The number of rotatable bonds is 5. The van der Waals surface area contributed by atoms with Gasteiger partial charge in [0.25, 0.3) is 5.78 Å². The summed E-state index contributed by atoms with van der Waals surface area (Å²) in [4.78, 5) is 32.0. The van der Waals surface area contributed by atoms with Crippen LogP contribution in [-0.4, -0.2) is 28.4 Å². The van der Waals surface area contributed by atoms with Crippen LogP contribution in [0.1, 0.15) is 29.7 Å². The SMILES string of the molecule is CCOc1cccc(/C(O)=C2\C(=O)C(=O)N(c3nc4c(F)cc(F)cc4s3)C2c2cccc(C)c2)c1. The molecule has 1 saturated heterocycles. The third kappa shape index (κ3) is 4.01. The second kappa shape index (κ2) is 9.16. The van der Waals surface area contributed by atoms with Crippen LogP contribution in [-0.2, 0) is 9.59 Å². The highest BCUT2D eigenvalue weighted by Gasteiger charge is 2.48. The van der Waals surface area contributed by atoms with Gasteiger partial charge in [-0.1, -0.05) is 53.3 Å². The average molecular weight is 507 g/mol. The zero-order valence-corrected chi connectivity index (χ0v) is 20.1. The van der Waals surface area contributed by atoms with E-state index in [9.17, 15) is 23.5 Å². The second-order valence-corrected chi connectivity index (χ2v) is 9.28. The fraction of sp³-hybridized carbons (Fsp3) is 0.148. The van der Waals surface area contributed by atoms with Gasteiger partial charge in [-0.15, -0.1) is 0 Å². The lowest BCUT2D eigenvalue weighted by Gasteiger charge is -2.23.